The standard InChI is InChI=1S/C51H66O12/c1-8-45(52)59-37-19-12-11-18-36-58-42-27-23-40(24-28-42)49(56)61-44-31-29-43(30-32-44)60-48(55)39-21-25-41(26-22-39)57-35-17-10-9-15-33-50(4,5)62-46(53)20-14-13-16-34-51(6,7)63-47(54)38(2)3/h8,21-32H,1-2,9-20,33-37H2,3-7H3. The summed E-state index contributed by atoms with van der Waals surface area (Å²) in [5.41, 5.74) is 0.00178. The summed E-state index contributed by atoms with van der Waals surface area (Å²) in [4.78, 5) is 60.8. The molecule has 0 bridgehead atoms. The van der Waals surface area contributed by atoms with E-state index in [0.29, 0.717) is 72.4 Å². The van der Waals surface area contributed by atoms with Crippen molar-refractivity contribution in [2.75, 3.05) is 19.8 Å². The van der Waals surface area contributed by atoms with Crippen molar-refractivity contribution < 1.29 is 57.1 Å². The van der Waals surface area contributed by atoms with Crippen LogP contribution in [0.15, 0.2) is 97.6 Å². The van der Waals surface area contributed by atoms with E-state index in [-0.39, 0.29) is 11.9 Å². The molecule has 0 unspecified atom stereocenters. The number of rotatable bonds is 30. The first-order valence-electron chi connectivity index (χ1n) is 22.0. The van der Waals surface area contributed by atoms with Gasteiger partial charge in [0.25, 0.3) is 0 Å². The minimum absolute atomic E-state index is 0.190. The van der Waals surface area contributed by atoms with Crippen LogP contribution in [0.3, 0.4) is 0 Å². The normalized spacial score (nSPS) is 11.2. The monoisotopic (exact) mass is 870 g/mol. The van der Waals surface area contributed by atoms with Crippen molar-refractivity contribution in [1.82, 2.24) is 0 Å². The van der Waals surface area contributed by atoms with Gasteiger partial charge in [-0.05, 0) is 172 Å². The molecular weight excluding hydrogens is 805 g/mol. The SMILES string of the molecule is C=CC(=O)OCCCCCCOc1ccc(C(=O)Oc2ccc(OC(=O)c3ccc(OCCCCCCC(C)(C)OC(=O)CCCCCC(C)(C)OC(=O)C(=C)C)cc3)cc2)cc1. The van der Waals surface area contributed by atoms with Crippen molar-refractivity contribution in [3.8, 4) is 23.0 Å². The summed E-state index contributed by atoms with van der Waals surface area (Å²) in [5, 5.41) is 0. The fraction of sp³-hybridized carbons (Fsp3) is 0.471. The highest BCUT2D eigenvalue weighted by molar-refractivity contribution is 5.92. The summed E-state index contributed by atoms with van der Waals surface area (Å²) >= 11 is 0. The minimum Gasteiger partial charge on any atom is -0.494 e. The Hall–Kier alpha value is -5.91. The smallest absolute Gasteiger partial charge is 0.343 e. The number of ether oxygens (including phenoxy) is 7. The number of unbranched alkanes of at least 4 members (excludes halogenated alkanes) is 8. The molecule has 0 aliphatic heterocycles. The first-order chi connectivity index (χ1) is 30.1. The van der Waals surface area contributed by atoms with E-state index in [9.17, 15) is 24.0 Å². The van der Waals surface area contributed by atoms with Crippen molar-refractivity contribution in [2.24, 2.45) is 0 Å². The van der Waals surface area contributed by atoms with Gasteiger partial charge in [-0.25, -0.2) is 19.2 Å². The van der Waals surface area contributed by atoms with Crippen molar-refractivity contribution in [3.63, 3.8) is 0 Å². The number of esters is 5. The lowest BCUT2D eigenvalue weighted by Crippen LogP contribution is -2.28. The third kappa shape index (κ3) is 21.6. The molecular formula is C51H66O12. The summed E-state index contributed by atoms with van der Waals surface area (Å²) in [7, 11) is 0. The van der Waals surface area contributed by atoms with E-state index in [1.54, 1.807) is 79.7 Å². The molecule has 0 aliphatic rings. The molecule has 0 fully saturated rings. The summed E-state index contributed by atoms with van der Waals surface area (Å²) < 4.78 is 38.8. The van der Waals surface area contributed by atoms with E-state index in [2.05, 4.69) is 13.2 Å². The Kier molecular flexibility index (Phi) is 22.2. The summed E-state index contributed by atoms with van der Waals surface area (Å²) in [6, 6.07) is 19.7. The number of carbonyl (C=O) groups excluding carboxylic acids is 5. The van der Waals surface area contributed by atoms with Crippen LogP contribution in [-0.4, -0.2) is 60.9 Å². The van der Waals surface area contributed by atoms with Crippen LogP contribution in [0, 0.1) is 0 Å². The largest absolute Gasteiger partial charge is 0.494 e. The maximum absolute atomic E-state index is 12.8. The molecule has 12 nitrogen and oxygen atoms in total. The lowest BCUT2D eigenvalue weighted by Gasteiger charge is -2.26. The van der Waals surface area contributed by atoms with Gasteiger partial charge in [0.15, 0.2) is 0 Å². The number of hydrogen-bond acceptors (Lipinski definition) is 12. The molecule has 3 aromatic carbocycles. The first kappa shape index (κ1) is 51.4. The van der Waals surface area contributed by atoms with Gasteiger partial charge in [0.05, 0.1) is 30.9 Å². The Balaban J connectivity index is 1.25. The molecule has 0 N–H and O–H groups in total. The van der Waals surface area contributed by atoms with Gasteiger partial charge in [0.2, 0.25) is 0 Å². The van der Waals surface area contributed by atoms with Crippen LogP contribution in [-0.2, 0) is 28.6 Å². The topological polar surface area (TPSA) is 150 Å². The molecule has 0 atom stereocenters. The molecule has 12 heteroatoms. The van der Waals surface area contributed by atoms with Gasteiger partial charge in [-0.3, -0.25) is 4.79 Å². The predicted octanol–water partition coefficient (Wildman–Crippen LogP) is 11.3. The van der Waals surface area contributed by atoms with E-state index in [0.717, 1.165) is 83.1 Å². The van der Waals surface area contributed by atoms with Crippen LogP contribution in [0.1, 0.15) is 145 Å². The maximum Gasteiger partial charge on any atom is 0.343 e. The van der Waals surface area contributed by atoms with Crippen LogP contribution < -0.4 is 18.9 Å². The molecule has 3 aromatic rings. The Labute approximate surface area is 373 Å². The molecule has 342 valence electrons. The average Bonchev–Trinajstić information content (AvgIpc) is 3.24. The van der Waals surface area contributed by atoms with Gasteiger partial charge in [-0.15, -0.1) is 0 Å². The first-order valence-corrected chi connectivity index (χ1v) is 22.0. The fourth-order valence-electron chi connectivity index (χ4n) is 6.25. The van der Waals surface area contributed by atoms with Crippen LogP contribution >= 0.6 is 0 Å². The molecule has 0 spiro atoms. The van der Waals surface area contributed by atoms with Crippen LogP contribution in [0.4, 0.5) is 0 Å². The molecule has 63 heavy (non-hydrogen) atoms. The molecule has 0 radical (unpaired) electrons. The molecule has 0 saturated carbocycles. The van der Waals surface area contributed by atoms with Gasteiger partial charge < -0.3 is 33.2 Å². The van der Waals surface area contributed by atoms with Crippen LogP contribution in [0.5, 0.6) is 23.0 Å². The zero-order valence-corrected chi connectivity index (χ0v) is 37.8. The van der Waals surface area contributed by atoms with Crippen molar-refractivity contribution in [1.29, 1.82) is 0 Å². The van der Waals surface area contributed by atoms with Gasteiger partial charge in [-0.2, -0.15) is 0 Å². The van der Waals surface area contributed by atoms with E-state index in [1.807, 2.05) is 27.7 Å². The average molecular weight is 871 g/mol. The van der Waals surface area contributed by atoms with E-state index >= 15 is 0 Å². The second-order valence-electron chi connectivity index (χ2n) is 16.7. The third-order valence-corrected chi connectivity index (χ3v) is 9.85. The Morgan fingerprint density at radius 3 is 1.37 bits per heavy atom. The van der Waals surface area contributed by atoms with Gasteiger partial charge in [-0.1, -0.05) is 32.4 Å². The van der Waals surface area contributed by atoms with E-state index < -0.39 is 29.1 Å². The fourth-order valence-corrected chi connectivity index (χ4v) is 6.25. The third-order valence-electron chi connectivity index (χ3n) is 9.85. The lowest BCUT2D eigenvalue weighted by atomic mass is 9.99. The quantitative estimate of drug-likeness (QED) is 0.0206. The zero-order valence-electron chi connectivity index (χ0n) is 37.8. The van der Waals surface area contributed by atoms with Crippen LogP contribution in [0.2, 0.25) is 0 Å². The minimum atomic E-state index is -0.569. The maximum atomic E-state index is 12.8. The summed E-state index contributed by atoms with van der Waals surface area (Å²) in [5.74, 6) is -0.160. The second-order valence-corrected chi connectivity index (χ2v) is 16.7. The molecule has 0 aromatic heterocycles. The number of carbonyl (C=O) groups is 5. The summed E-state index contributed by atoms with van der Waals surface area (Å²) in [6.45, 7) is 17.7. The van der Waals surface area contributed by atoms with Crippen molar-refractivity contribution in [3.05, 3.63) is 109 Å². The van der Waals surface area contributed by atoms with Gasteiger partial charge >= 0.3 is 29.8 Å². The summed E-state index contributed by atoms with van der Waals surface area (Å²) in [6.07, 6.45) is 12.7. The van der Waals surface area contributed by atoms with Crippen molar-refractivity contribution >= 4 is 29.8 Å². The molecule has 3 rings (SSSR count). The highest BCUT2D eigenvalue weighted by Crippen LogP contribution is 2.24. The van der Waals surface area contributed by atoms with E-state index in [4.69, 9.17) is 33.2 Å². The highest BCUT2D eigenvalue weighted by atomic mass is 16.6. The van der Waals surface area contributed by atoms with E-state index in [1.165, 1.54) is 0 Å². The Morgan fingerprint density at radius 2 is 0.921 bits per heavy atom. The Morgan fingerprint density at radius 1 is 0.524 bits per heavy atom. The predicted molar refractivity (Wildman–Crippen MR) is 241 cm³/mol. The molecule has 0 heterocycles. The van der Waals surface area contributed by atoms with Gasteiger partial charge in [0.1, 0.15) is 34.2 Å². The number of benzene rings is 3. The number of hydrogen-bond donors (Lipinski definition) is 0. The second kappa shape index (κ2) is 27.2. The highest BCUT2D eigenvalue weighted by Gasteiger charge is 2.24. The lowest BCUT2D eigenvalue weighted by molar-refractivity contribution is -0.157. The van der Waals surface area contributed by atoms with Crippen LogP contribution in [0.25, 0.3) is 0 Å². The van der Waals surface area contributed by atoms with Gasteiger partial charge in [0, 0.05) is 18.1 Å². The van der Waals surface area contributed by atoms with Crippen molar-refractivity contribution in [2.45, 2.75) is 136 Å². The Bertz CT molecular complexity index is 1910. The molecule has 0 aliphatic carbocycles. The zero-order chi connectivity index (χ0) is 46.1. The molecule has 0 saturated heterocycles. The molecule has 0 amide bonds.